The van der Waals surface area contributed by atoms with Crippen molar-refractivity contribution in [2.75, 3.05) is 51.2 Å². The Labute approximate surface area is 172 Å². The standard InChI is InChI=1S/C19H29N7O.ClH/c1-15-7-9-24(10-8-15)18-4-3-16-20-21-17(26(16)22-18)5-6-19(27)25-13-11-23(2)12-14-25;/h3-4,15H,5-14H2,1-2H3;1H. The number of rotatable bonds is 4. The Balaban J connectivity index is 0.00000225. The van der Waals surface area contributed by atoms with Crippen molar-refractivity contribution in [3.05, 3.63) is 18.0 Å². The van der Waals surface area contributed by atoms with Crippen LogP contribution in [-0.2, 0) is 11.2 Å². The minimum Gasteiger partial charge on any atom is -0.355 e. The molecule has 0 unspecified atom stereocenters. The highest BCUT2D eigenvalue weighted by atomic mass is 35.5. The Bertz CT molecular complexity index is 795. The number of halogens is 1. The van der Waals surface area contributed by atoms with Crippen LogP contribution >= 0.6 is 12.4 Å². The molecule has 2 aliphatic rings. The van der Waals surface area contributed by atoms with Gasteiger partial charge in [0.2, 0.25) is 5.91 Å². The minimum atomic E-state index is 0. The van der Waals surface area contributed by atoms with E-state index in [4.69, 9.17) is 5.10 Å². The Morgan fingerprint density at radius 3 is 2.50 bits per heavy atom. The highest BCUT2D eigenvalue weighted by Gasteiger charge is 2.21. The maximum atomic E-state index is 12.5. The predicted octanol–water partition coefficient (Wildman–Crippen LogP) is 1.49. The molecule has 0 atom stereocenters. The highest BCUT2D eigenvalue weighted by molar-refractivity contribution is 5.85. The summed E-state index contributed by atoms with van der Waals surface area (Å²) in [6.45, 7) is 7.90. The second-order valence-corrected chi connectivity index (χ2v) is 7.93. The molecule has 9 heteroatoms. The summed E-state index contributed by atoms with van der Waals surface area (Å²) in [5.74, 6) is 2.72. The van der Waals surface area contributed by atoms with Crippen molar-refractivity contribution >= 4 is 29.8 Å². The van der Waals surface area contributed by atoms with E-state index in [-0.39, 0.29) is 18.3 Å². The minimum absolute atomic E-state index is 0. The largest absolute Gasteiger partial charge is 0.355 e. The number of likely N-dealkylation sites (N-methyl/N-ethyl adjacent to an activating group) is 1. The zero-order chi connectivity index (χ0) is 18.8. The number of nitrogens with zero attached hydrogens (tertiary/aromatic N) is 7. The molecule has 4 rings (SSSR count). The van der Waals surface area contributed by atoms with Gasteiger partial charge in [0.25, 0.3) is 0 Å². The summed E-state index contributed by atoms with van der Waals surface area (Å²) in [7, 11) is 2.09. The first-order valence-electron chi connectivity index (χ1n) is 10.0. The van der Waals surface area contributed by atoms with Gasteiger partial charge in [0.05, 0.1) is 0 Å². The number of hydrogen-bond donors (Lipinski definition) is 0. The number of aryl methyl sites for hydroxylation is 1. The van der Waals surface area contributed by atoms with Crippen molar-refractivity contribution in [2.24, 2.45) is 5.92 Å². The summed E-state index contributed by atoms with van der Waals surface area (Å²) in [6, 6.07) is 4.00. The van der Waals surface area contributed by atoms with Crippen molar-refractivity contribution in [2.45, 2.75) is 32.6 Å². The van der Waals surface area contributed by atoms with E-state index >= 15 is 0 Å². The van der Waals surface area contributed by atoms with Gasteiger partial charge in [-0.15, -0.1) is 27.7 Å². The van der Waals surface area contributed by atoms with Gasteiger partial charge in [0.1, 0.15) is 5.82 Å². The highest BCUT2D eigenvalue weighted by Crippen LogP contribution is 2.21. The van der Waals surface area contributed by atoms with Gasteiger partial charge in [0, 0.05) is 52.1 Å². The lowest BCUT2D eigenvalue weighted by molar-refractivity contribution is -0.132. The van der Waals surface area contributed by atoms with Crippen molar-refractivity contribution in [1.29, 1.82) is 0 Å². The number of aromatic nitrogens is 4. The molecule has 2 aromatic heterocycles. The Morgan fingerprint density at radius 1 is 1.07 bits per heavy atom. The summed E-state index contributed by atoms with van der Waals surface area (Å²) in [5, 5.41) is 13.3. The van der Waals surface area contributed by atoms with Gasteiger partial charge in [-0.05, 0) is 37.9 Å². The average Bonchev–Trinajstić information content (AvgIpc) is 3.09. The first-order chi connectivity index (χ1) is 13.1. The Morgan fingerprint density at radius 2 is 1.79 bits per heavy atom. The van der Waals surface area contributed by atoms with E-state index in [2.05, 4.69) is 34.0 Å². The SMILES string of the molecule is CC1CCN(c2ccc3nnc(CCC(=O)N4CCN(C)CC4)n3n2)CC1.Cl. The van der Waals surface area contributed by atoms with E-state index in [1.165, 1.54) is 12.8 Å². The molecule has 2 fully saturated rings. The summed E-state index contributed by atoms with van der Waals surface area (Å²) in [5.41, 5.74) is 0.742. The quantitative estimate of drug-likeness (QED) is 0.764. The zero-order valence-electron chi connectivity index (χ0n) is 16.8. The van der Waals surface area contributed by atoms with Gasteiger partial charge >= 0.3 is 0 Å². The van der Waals surface area contributed by atoms with E-state index in [0.29, 0.717) is 12.8 Å². The molecule has 154 valence electrons. The van der Waals surface area contributed by atoms with Crippen molar-refractivity contribution < 1.29 is 4.79 Å². The van der Waals surface area contributed by atoms with Crippen LogP contribution in [0.2, 0.25) is 0 Å². The zero-order valence-corrected chi connectivity index (χ0v) is 17.6. The maximum Gasteiger partial charge on any atom is 0.223 e. The molecular formula is C19H30ClN7O. The molecule has 0 spiro atoms. The van der Waals surface area contributed by atoms with Crippen LogP contribution in [0.4, 0.5) is 5.82 Å². The molecule has 4 heterocycles. The molecular weight excluding hydrogens is 378 g/mol. The van der Waals surface area contributed by atoms with Crippen LogP contribution in [0.3, 0.4) is 0 Å². The van der Waals surface area contributed by atoms with Gasteiger partial charge in [-0.3, -0.25) is 4.79 Å². The second kappa shape index (κ2) is 9.05. The van der Waals surface area contributed by atoms with Crippen LogP contribution < -0.4 is 4.90 Å². The first-order valence-corrected chi connectivity index (χ1v) is 10.0. The molecule has 2 aromatic rings. The van der Waals surface area contributed by atoms with E-state index in [9.17, 15) is 4.79 Å². The molecule has 0 saturated carbocycles. The van der Waals surface area contributed by atoms with Crippen molar-refractivity contribution in [3.8, 4) is 0 Å². The van der Waals surface area contributed by atoms with E-state index in [0.717, 1.165) is 62.5 Å². The molecule has 0 radical (unpaired) electrons. The molecule has 0 aromatic carbocycles. The van der Waals surface area contributed by atoms with Crippen LogP contribution in [-0.4, -0.2) is 81.8 Å². The van der Waals surface area contributed by atoms with Crippen LogP contribution in [0.25, 0.3) is 5.65 Å². The third-order valence-electron chi connectivity index (χ3n) is 5.84. The fourth-order valence-electron chi connectivity index (χ4n) is 3.82. The number of fused-ring (bicyclic) bond motifs is 1. The normalized spacial score (nSPS) is 19.1. The summed E-state index contributed by atoms with van der Waals surface area (Å²) in [4.78, 5) is 19.0. The third-order valence-corrected chi connectivity index (χ3v) is 5.84. The maximum absolute atomic E-state index is 12.5. The summed E-state index contributed by atoms with van der Waals surface area (Å²) in [6.07, 6.45) is 3.43. The van der Waals surface area contributed by atoms with Gasteiger partial charge < -0.3 is 14.7 Å². The van der Waals surface area contributed by atoms with E-state index < -0.39 is 0 Å². The topological polar surface area (TPSA) is 69.9 Å². The lowest BCUT2D eigenvalue weighted by Crippen LogP contribution is -2.47. The molecule has 2 aliphatic heterocycles. The fraction of sp³-hybridized carbons (Fsp3) is 0.684. The number of carbonyl (C=O) groups is 1. The lowest BCUT2D eigenvalue weighted by atomic mass is 9.99. The molecule has 0 bridgehead atoms. The number of piperazine rings is 1. The summed E-state index contributed by atoms with van der Waals surface area (Å²) < 4.78 is 1.81. The number of carbonyl (C=O) groups excluding carboxylic acids is 1. The lowest BCUT2D eigenvalue weighted by Gasteiger charge is -2.32. The Kier molecular flexibility index (Phi) is 6.72. The second-order valence-electron chi connectivity index (χ2n) is 7.93. The van der Waals surface area contributed by atoms with Gasteiger partial charge in [-0.2, -0.15) is 4.52 Å². The van der Waals surface area contributed by atoms with Crippen molar-refractivity contribution in [1.82, 2.24) is 29.6 Å². The molecule has 28 heavy (non-hydrogen) atoms. The van der Waals surface area contributed by atoms with Gasteiger partial charge in [-0.25, -0.2) is 0 Å². The van der Waals surface area contributed by atoms with Crippen LogP contribution in [0.15, 0.2) is 12.1 Å². The number of anilines is 1. The molecule has 0 aliphatic carbocycles. The number of piperidine rings is 1. The van der Waals surface area contributed by atoms with Crippen LogP contribution in [0, 0.1) is 5.92 Å². The van der Waals surface area contributed by atoms with Crippen molar-refractivity contribution in [3.63, 3.8) is 0 Å². The number of hydrogen-bond acceptors (Lipinski definition) is 6. The van der Waals surface area contributed by atoms with Gasteiger partial charge in [0.15, 0.2) is 11.5 Å². The fourth-order valence-corrected chi connectivity index (χ4v) is 3.82. The average molecular weight is 408 g/mol. The smallest absolute Gasteiger partial charge is 0.223 e. The molecule has 1 amide bonds. The third kappa shape index (κ3) is 4.55. The first kappa shape index (κ1) is 20.8. The van der Waals surface area contributed by atoms with E-state index in [1.807, 2.05) is 21.5 Å². The van der Waals surface area contributed by atoms with Crippen LogP contribution in [0.5, 0.6) is 0 Å². The summed E-state index contributed by atoms with van der Waals surface area (Å²) >= 11 is 0. The van der Waals surface area contributed by atoms with Gasteiger partial charge in [-0.1, -0.05) is 6.92 Å². The molecule has 0 N–H and O–H groups in total. The number of amides is 1. The molecule has 2 saturated heterocycles. The molecule has 8 nitrogen and oxygen atoms in total. The predicted molar refractivity (Wildman–Crippen MR) is 111 cm³/mol. The van der Waals surface area contributed by atoms with Crippen LogP contribution in [0.1, 0.15) is 32.0 Å². The monoisotopic (exact) mass is 407 g/mol. The van der Waals surface area contributed by atoms with E-state index in [1.54, 1.807) is 0 Å². The Hall–Kier alpha value is -1.93.